The van der Waals surface area contributed by atoms with Gasteiger partial charge in [0.2, 0.25) is 10.0 Å². The summed E-state index contributed by atoms with van der Waals surface area (Å²) in [5, 5.41) is 9.55. The van der Waals surface area contributed by atoms with Gasteiger partial charge in [0.1, 0.15) is 4.90 Å². The summed E-state index contributed by atoms with van der Waals surface area (Å²) in [6, 6.07) is 8.48. The van der Waals surface area contributed by atoms with Gasteiger partial charge in [-0.2, -0.15) is 0 Å². The smallest absolute Gasteiger partial charge is 0.242 e. The molecule has 2 N–H and O–H groups in total. The highest BCUT2D eigenvalue weighted by atomic mass is 79.9. The molecule has 2 rings (SSSR count). The maximum absolute atomic E-state index is 12.2. The maximum atomic E-state index is 12.2. The van der Waals surface area contributed by atoms with Crippen molar-refractivity contribution in [2.75, 3.05) is 0 Å². The fourth-order valence-corrected chi connectivity index (χ4v) is 5.30. The van der Waals surface area contributed by atoms with Gasteiger partial charge in [0.05, 0.1) is 10.4 Å². The third-order valence-electron chi connectivity index (χ3n) is 2.56. The number of sulfonamides is 1. The molecule has 1 aromatic carbocycles. The zero-order valence-corrected chi connectivity index (χ0v) is 14.1. The van der Waals surface area contributed by atoms with Gasteiger partial charge >= 0.3 is 0 Å². The number of benzene rings is 1. The zero-order chi connectivity index (χ0) is 14.8. The molecule has 8 heteroatoms. The molecule has 0 radical (unpaired) electrons. The number of halogens is 2. The average molecular weight is 397 g/mol. The largest absolute Gasteiger partial charge is 0.391 e. The van der Waals surface area contributed by atoms with Crippen LogP contribution in [0, 0.1) is 0 Å². The van der Waals surface area contributed by atoms with Crippen LogP contribution in [0.4, 0.5) is 0 Å². The summed E-state index contributed by atoms with van der Waals surface area (Å²) in [6.45, 7) is -0.0813. The molecule has 20 heavy (non-hydrogen) atoms. The molecule has 0 fully saturated rings. The van der Waals surface area contributed by atoms with Crippen LogP contribution in [-0.2, 0) is 23.2 Å². The second-order valence-corrected chi connectivity index (χ2v) is 8.52. The van der Waals surface area contributed by atoms with E-state index in [9.17, 15) is 8.42 Å². The van der Waals surface area contributed by atoms with Crippen molar-refractivity contribution in [3.63, 3.8) is 0 Å². The van der Waals surface area contributed by atoms with Crippen LogP contribution in [0.1, 0.15) is 10.4 Å². The average Bonchev–Trinajstić information content (AvgIpc) is 2.80. The van der Waals surface area contributed by atoms with E-state index in [0.29, 0.717) is 19.2 Å². The lowest BCUT2D eigenvalue weighted by molar-refractivity contribution is 0.285. The Hall–Kier alpha value is -0.440. The van der Waals surface area contributed by atoms with Gasteiger partial charge in [0.25, 0.3) is 0 Å². The summed E-state index contributed by atoms with van der Waals surface area (Å²) >= 11 is 10.4. The molecule has 0 aliphatic carbocycles. The quantitative estimate of drug-likeness (QED) is 0.816. The minimum Gasteiger partial charge on any atom is -0.391 e. The van der Waals surface area contributed by atoms with Gasteiger partial charge in [0.15, 0.2) is 0 Å². The first-order valence-electron chi connectivity index (χ1n) is 5.56. The fraction of sp³-hybridized carbons (Fsp3) is 0.167. The standard InChI is InChI=1S/C12H11BrClNO3S2/c13-12-11(5-9(7-16)19-12)20(17,18)15-6-8-3-1-2-4-10(8)14/h1-5,15-16H,6-7H2. The minimum absolute atomic E-state index is 0.110. The van der Waals surface area contributed by atoms with Gasteiger partial charge in [-0.25, -0.2) is 13.1 Å². The van der Waals surface area contributed by atoms with E-state index in [4.69, 9.17) is 16.7 Å². The second-order valence-electron chi connectivity index (χ2n) is 3.92. The molecule has 0 bridgehead atoms. The number of hydrogen-bond acceptors (Lipinski definition) is 4. The van der Waals surface area contributed by atoms with Crippen molar-refractivity contribution >= 4 is 48.9 Å². The van der Waals surface area contributed by atoms with Crippen LogP contribution >= 0.6 is 38.9 Å². The molecular formula is C12H11BrClNO3S2. The van der Waals surface area contributed by atoms with Crippen molar-refractivity contribution < 1.29 is 13.5 Å². The zero-order valence-electron chi connectivity index (χ0n) is 10.1. The first-order chi connectivity index (χ1) is 9.44. The molecule has 0 saturated carbocycles. The van der Waals surface area contributed by atoms with Gasteiger partial charge in [0, 0.05) is 16.4 Å². The molecule has 0 saturated heterocycles. The molecule has 0 aliphatic heterocycles. The number of thiophene rings is 1. The molecule has 0 atom stereocenters. The van der Waals surface area contributed by atoms with Crippen molar-refractivity contribution in [2.45, 2.75) is 18.0 Å². The van der Waals surface area contributed by atoms with E-state index in [2.05, 4.69) is 20.7 Å². The van der Waals surface area contributed by atoms with Crippen LogP contribution in [0.15, 0.2) is 39.0 Å². The molecule has 0 unspecified atom stereocenters. The second kappa shape index (κ2) is 6.55. The Morgan fingerprint density at radius 1 is 1.35 bits per heavy atom. The predicted octanol–water partition coefficient (Wildman–Crippen LogP) is 3.13. The van der Waals surface area contributed by atoms with E-state index in [1.165, 1.54) is 17.4 Å². The van der Waals surface area contributed by atoms with Crippen LogP contribution < -0.4 is 4.72 Å². The summed E-state index contributed by atoms with van der Waals surface area (Å²) in [4.78, 5) is 0.702. The Morgan fingerprint density at radius 3 is 2.65 bits per heavy atom. The van der Waals surface area contributed by atoms with Gasteiger partial charge in [-0.3, -0.25) is 0 Å². The lowest BCUT2D eigenvalue weighted by Gasteiger charge is -2.07. The molecule has 1 heterocycles. The Balaban J connectivity index is 2.19. The third kappa shape index (κ3) is 3.60. The number of nitrogens with one attached hydrogen (secondary N) is 1. The number of aliphatic hydroxyl groups is 1. The SMILES string of the molecule is O=S(=O)(NCc1ccccc1Cl)c1cc(CO)sc1Br. The van der Waals surface area contributed by atoms with Crippen molar-refractivity contribution in [1.82, 2.24) is 4.72 Å². The highest BCUT2D eigenvalue weighted by Crippen LogP contribution is 2.31. The van der Waals surface area contributed by atoms with E-state index >= 15 is 0 Å². The van der Waals surface area contributed by atoms with Gasteiger partial charge in [-0.05, 0) is 33.6 Å². The number of hydrogen-bond donors (Lipinski definition) is 2. The first-order valence-corrected chi connectivity index (χ1v) is 9.03. The predicted molar refractivity (Wildman–Crippen MR) is 83.4 cm³/mol. The van der Waals surface area contributed by atoms with Crippen LogP contribution in [0.2, 0.25) is 5.02 Å². The lowest BCUT2D eigenvalue weighted by Crippen LogP contribution is -2.23. The topological polar surface area (TPSA) is 66.4 Å². The minimum atomic E-state index is -3.65. The molecule has 0 spiro atoms. The van der Waals surface area contributed by atoms with Crippen molar-refractivity contribution in [3.05, 3.63) is 49.6 Å². The number of rotatable bonds is 5. The summed E-state index contributed by atoms with van der Waals surface area (Å²) < 4.78 is 27.4. The molecule has 0 aliphatic rings. The highest BCUT2D eigenvalue weighted by Gasteiger charge is 2.20. The normalized spacial score (nSPS) is 11.8. The van der Waals surface area contributed by atoms with Gasteiger partial charge < -0.3 is 5.11 Å². The number of aliphatic hydroxyl groups excluding tert-OH is 1. The van der Waals surface area contributed by atoms with E-state index in [0.717, 1.165) is 0 Å². The van der Waals surface area contributed by atoms with E-state index in [1.807, 2.05) is 0 Å². The Labute approximate surface area is 134 Å². The van der Waals surface area contributed by atoms with Gasteiger partial charge in [-0.15, -0.1) is 11.3 Å². The molecule has 0 amide bonds. The fourth-order valence-electron chi connectivity index (χ4n) is 1.55. The summed E-state index contributed by atoms with van der Waals surface area (Å²) in [5.41, 5.74) is 0.700. The van der Waals surface area contributed by atoms with Crippen LogP contribution in [0.25, 0.3) is 0 Å². The summed E-state index contributed by atoms with van der Waals surface area (Å²) in [7, 11) is -3.65. The Kier molecular flexibility index (Phi) is 5.22. The summed E-state index contributed by atoms with van der Waals surface area (Å²) in [6.07, 6.45) is 0. The Bertz CT molecular complexity index is 715. The highest BCUT2D eigenvalue weighted by molar-refractivity contribution is 9.11. The Morgan fingerprint density at radius 2 is 2.05 bits per heavy atom. The third-order valence-corrected chi connectivity index (χ3v) is 6.57. The van der Waals surface area contributed by atoms with E-state index in [-0.39, 0.29) is 18.0 Å². The lowest BCUT2D eigenvalue weighted by atomic mass is 10.2. The van der Waals surface area contributed by atoms with Gasteiger partial charge in [-0.1, -0.05) is 29.8 Å². The first kappa shape index (κ1) is 15.9. The van der Waals surface area contributed by atoms with Crippen LogP contribution in [0.3, 0.4) is 0 Å². The molecule has 4 nitrogen and oxygen atoms in total. The molecular weight excluding hydrogens is 386 g/mol. The van der Waals surface area contributed by atoms with Crippen molar-refractivity contribution in [1.29, 1.82) is 0 Å². The van der Waals surface area contributed by atoms with Crippen LogP contribution in [0.5, 0.6) is 0 Å². The van der Waals surface area contributed by atoms with Crippen molar-refractivity contribution in [2.24, 2.45) is 0 Å². The van der Waals surface area contributed by atoms with E-state index in [1.54, 1.807) is 24.3 Å². The molecule has 2 aromatic rings. The summed E-state index contributed by atoms with van der Waals surface area (Å²) in [5.74, 6) is 0. The van der Waals surface area contributed by atoms with Crippen LogP contribution in [-0.4, -0.2) is 13.5 Å². The monoisotopic (exact) mass is 395 g/mol. The van der Waals surface area contributed by atoms with E-state index < -0.39 is 10.0 Å². The molecule has 1 aromatic heterocycles. The molecule has 108 valence electrons. The maximum Gasteiger partial charge on any atom is 0.242 e. The van der Waals surface area contributed by atoms with Crippen molar-refractivity contribution in [3.8, 4) is 0 Å².